The van der Waals surface area contributed by atoms with Crippen LogP contribution in [0, 0.1) is 0 Å². The van der Waals surface area contributed by atoms with E-state index in [0.29, 0.717) is 6.61 Å². The van der Waals surface area contributed by atoms with Gasteiger partial charge >= 0.3 is 5.97 Å². The molecule has 0 aliphatic carbocycles. The van der Waals surface area contributed by atoms with Crippen molar-refractivity contribution in [3.05, 3.63) is 28.8 Å². The molecule has 6 heteroatoms. The average molecular weight is 272 g/mol. The summed E-state index contributed by atoms with van der Waals surface area (Å²) < 4.78 is 5.05. The number of hydrogen-bond acceptors (Lipinski definition) is 3. The highest BCUT2D eigenvalue weighted by molar-refractivity contribution is 6.34. The summed E-state index contributed by atoms with van der Waals surface area (Å²) in [5.74, 6) is -1.60. The Bertz CT molecular complexity index is 448. The largest absolute Gasteiger partial charge is 0.478 e. The topological polar surface area (TPSA) is 75.6 Å². The van der Waals surface area contributed by atoms with Gasteiger partial charge in [-0.05, 0) is 18.6 Å². The van der Waals surface area contributed by atoms with Gasteiger partial charge in [-0.3, -0.25) is 4.79 Å². The van der Waals surface area contributed by atoms with Gasteiger partial charge in [0.15, 0.2) is 0 Å². The van der Waals surface area contributed by atoms with Gasteiger partial charge < -0.3 is 15.2 Å². The number of carboxylic acids is 1. The summed E-state index contributed by atoms with van der Waals surface area (Å²) in [6.07, 6.45) is 0.810. The number of amides is 1. The molecule has 18 heavy (non-hydrogen) atoms. The van der Waals surface area contributed by atoms with E-state index in [1.54, 1.807) is 6.07 Å². The third-order valence-electron chi connectivity index (χ3n) is 2.08. The predicted octanol–water partition coefficient (Wildman–Crippen LogP) is 2.40. The molecule has 0 unspecified atom stereocenters. The number of carbonyl (C=O) groups excluding carboxylic acids is 1. The van der Waals surface area contributed by atoms with Gasteiger partial charge in [0, 0.05) is 6.61 Å². The van der Waals surface area contributed by atoms with E-state index >= 15 is 0 Å². The lowest BCUT2D eigenvalue weighted by Gasteiger charge is -2.09. The van der Waals surface area contributed by atoms with Crippen LogP contribution in [0.2, 0.25) is 5.02 Å². The molecular formula is C12H14ClNO4. The minimum atomic E-state index is -1.19. The van der Waals surface area contributed by atoms with Crippen molar-refractivity contribution >= 4 is 29.2 Å². The summed E-state index contributed by atoms with van der Waals surface area (Å²) in [7, 11) is 0. The zero-order valence-corrected chi connectivity index (χ0v) is 10.7. The number of hydrogen-bond donors (Lipinski definition) is 2. The quantitative estimate of drug-likeness (QED) is 0.779. The Labute approximate surface area is 110 Å². The summed E-state index contributed by atoms with van der Waals surface area (Å²) in [5, 5.41) is 11.5. The second-order valence-corrected chi connectivity index (χ2v) is 3.98. The molecule has 2 N–H and O–H groups in total. The molecule has 0 aromatic heterocycles. The van der Waals surface area contributed by atoms with Crippen LogP contribution in [0.1, 0.15) is 23.7 Å². The predicted molar refractivity (Wildman–Crippen MR) is 68.2 cm³/mol. The minimum Gasteiger partial charge on any atom is -0.478 e. The first-order chi connectivity index (χ1) is 8.56. The lowest BCUT2D eigenvalue weighted by Crippen LogP contribution is -2.20. The summed E-state index contributed by atoms with van der Waals surface area (Å²) in [5.41, 5.74) is 0.0445. The molecule has 1 aromatic carbocycles. The monoisotopic (exact) mass is 271 g/mol. The van der Waals surface area contributed by atoms with Crippen LogP contribution >= 0.6 is 11.6 Å². The molecule has 0 fully saturated rings. The first-order valence-corrected chi connectivity index (χ1v) is 5.83. The van der Waals surface area contributed by atoms with Gasteiger partial charge in [-0.25, -0.2) is 4.79 Å². The van der Waals surface area contributed by atoms with Crippen molar-refractivity contribution in [2.24, 2.45) is 0 Å². The van der Waals surface area contributed by atoms with Crippen molar-refractivity contribution in [3.63, 3.8) is 0 Å². The van der Waals surface area contributed by atoms with Crippen LogP contribution in [0.5, 0.6) is 0 Å². The molecular weight excluding hydrogens is 258 g/mol. The van der Waals surface area contributed by atoms with E-state index in [2.05, 4.69) is 5.32 Å². The van der Waals surface area contributed by atoms with Crippen molar-refractivity contribution in [3.8, 4) is 0 Å². The molecule has 0 bridgehead atoms. The van der Waals surface area contributed by atoms with E-state index in [-0.39, 0.29) is 22.9 Å². The molecule has 0 spiro atoms. The second-order valence-electron chi connectivity index (χ2n) is 3.57. The Morgan fingerprint density at radius 2 is 2.17 bits per heavy atom. The van der Waals surface area contributed by atoms with E-state index in [1.807, 2.05) is 6.92 Å². The highest BCUT2D eigenvalue weighted by Gasteiger charge is 2.15. The van der Waals surface area contributed by atoms with E-state index in [9.17, 15) is 9.59 Å². The first kappa shape index (κ1) is 14.5. The third kappa shape index (κ3) is 4.01. The minimum absolute atomic E-state index is 0.0785. The fourth-order valence-electron chi connectivity index (χ4n) is 1.34. The maximum atomic E-state index is 11.5. The number of ether oxygens (including phenoxy) is 1. The van der Waals surface area contributed by atoms with Crippen molar-refractivity contribution in [2.75, 3.05) is 18.5 Å². The zero-order chi connectivity index (χ0) is 13.5. The number of halogens is 1. The smallest absolute Gasteiger partial charge is 0.339 e. The maximum Gasteiger partial charge on any atom is 0.339 e. The Balaban J connectivity index is 2.75. The molecule has 0 atom stereocenters. The number of rotatable bonds is 6. The van der Waals surface area contributed by atoms with E-state index < -0.39 is 11.9 Å². The number of benzene rings is 1. The highest BCUT2D eigenvalue weighted by Crippen LogP contribution is 2.24. The van der Waals surface area contributed by atoms with E-state index in [0.717, 1.165) is 6.42 Å². The number of aromatic carboxylic acids is 1. The van der Waals surface area contributed by atoms with E-state index in [4.69, 9.17) is 21.4 Å². The Morgan fingerprint density at radius 3 is 2.78 bits per heavy atom. The van der Waals surface area contributed by atoms with Gasteiger partial charge in [-0.15, -0.1) is 0 Å². The maximum absolute atomic E-state index is 11.5. The molecule has 1 aromatic rings. The van der Waals surface area contributed by atoms with Gasteiger partial charge in [0.1, 0.15) is 12.2 Å². The fraction of sp³-hybridized carbons (Fsp3) is 0.333. The first-order valence-electron chi connectivity index (χ1n) is 5.45. The molecule has 0 aliphatic heterocycles. The molecule has 1 rings (SSSR count). The van der Waals surface area contributed by atoms with Gasteiger partial charge in [0.2, 0.25) is 5.91 Å². The summed E-state index contributed by atoms with van der Waals surface area (Å²) in [6.45, 7) is 2.30. The second kappa shape index (κ2) is 6.98. The summed E-state index contributed by atoms with van der Waals surface area (Å²) >= 11 is 5.77. The summed E-state index contributed by atoms with van der Waals surface area (Å²) in [4.78, 5) is 22.5. The average Bonchev–Trinajstić information content (AvgIpc) is 2.28. The molecule has 0 saturated heterocycles. The van der Waals surface area contributed by atoms with Crippen molar-refractivity contribution in [1.82, 2.24) is 0 Å². The van der Waals surface area contributed by atoms with Crippen molar-refractivity contribution in [1.29, 1.82) is 0 Å². The van der Waals surface area contributed by atoms with Gasteiger partial charge in [-0.1, -0.05) is 24.6 Å². The SMILES string of the molecule is CCCOCC(=O)Nc1cccc(Cl)c1C(=O)O. The number of carboxylic acid groups (broad SMARTS) is 1. The number of carbonyl (C=O) groups is 2. The molecule has 1 amide bonds. The van der Waals surface area contributed by atoms with Crippen molar-refractivity contribution in [2.45, 2.75) is 13.3 Å². The van der Waals surface area contributed by atoms with E-state index in [1.165, 1.54) is 12.1 Å². The number of anilines is 1. The lowest BCUT2D eigenvalue weighted by atomic mass is 10.2. The molecule has 0 saturated carbocycles. The van der Waals surface area contributed by atoms with Crippen LogP contribution in [-0.4, -0.2) is 30.2 Å². The lowest BCUT2D eigenvalue weighted by molar-refractivity contribution is -0.120. The van der Waals surface area contributed by atoms with Crippen LogP contribution in [0.25, 0.3) is 0 Å². The Kier molecular flexibility index (Phi) is 5.61. The van der Waals surface area contributed by atoms with Gasteiger partial charge in [0.25, 0.3) is 0 Å². The van der Waals surface area contributed by atoms with Crippen LogP contribution in [0.4, 0.5) is 5.69 Å². The number of nitrogens with one attached hydrogen (secondary N) is 1. The van der Waals surface area contributed by atoms with Crippen LogP contribution in [-0.2, 0) is 9.53 Å². The third-order valence-corrected chi connectivity index (χ3v) is 2.40. The van der Waals surface area contributed by atoms with Gasteiger partial charge in [0.05, 0.1) is 10.7 Å². The molecule has 0 aliphatic rings. The Morgan fingerprint density at radius 1 is 1.44 bits per heavy atom. The zero-order valence-electron chi connectivity index (χ0n) is 9.90. The van der Waals surface area contributed by atoms with Crippen LogP contribution in [0.15, 0.2) is 18.2 Å². The van der Waals surface area contributed by atoms with Crippen LogP contribution < -0.4 is 5.32 Å². The molecule has 0 heterocycles. The van der Waals surface area contributed by atoms with Gasteiger partial charge in [-0.2, -0.15) is 0 Å². The fourth-order valence-corrected chi connectivity index (χ4v) is 1.60. The van der Waals surface area contributed by atoms with Crippen LogP contribution in [0.3, 0.4) is 0 Å². The normalized spacial score (nSPS) is 10.1. The molecule has 98 valence electrons. The molecule has 0 radical (unpaired) electrons. The molecule has 5 nitrogen and oxygen atoms in total. The Hall–Kier alpha value is -1.59. The van der Waals surface area contributed by atoms with Crippen molar-refractivity contribution < 1.29 is 19.4 Å². The highest BCUT2D eigenvalue weighted by atomic mass is 35.5. The summed E-state index contributed by atoms with van der Waals surface area (Å²) in [6, 6.07) is 4.50. The standard InChI is InChI=1S/C12H14ClNO4/c1-2-6-18-7-10(15)14-9-5-3-4-8(13)11(9)12(16)17/h3-5H,2,6-7H2,1H3,(H,14,15)(H,16,17).